The number of carbonyl (C=O) groups is 1. The molecule has 0 aliphatic heterocycles. The van der Waals surface area contributed by atoms with Crippen LogP contribution in [-0.2, 0) is 13.0 Å². The highest BCUT2D eigenvalue weighted by Gasteiger charge is 2.11. The zero-order valence-electron chi connectivity index (χ0n) is 12.8. The number of imidazole rings is 1. The average molecular weight is 329 g/mol. The molecule has 5 nitrogen and oxygen atoms in total. The first-order valence-electron chi connectivity index (χ1n) is 7.53. The molecule has 0 aliphatic carbocycles. The third-order valence-corrected chi connectivity index (χ3v) is 3.89. The van der Waals surface area contributed by atoms with Crippen LogP contribution >= 0.6 is 11.6 Å². The summed E-state index contributed by atoms with van der Waals surface area (Å²) in [5.41, 5.74) is 2.36. The molecule has 118 valence electrons. The second-order valence-corrected chi connectivity index (χ2v) is 5.57. The fourth-order valence-corrected chi connectivity index (χ4v) is 2.65. The molecular formula is C17H17ClN4O. The van der Waals surface area contributed by atoms with E-state index in [9.17, 15) is 4.79 Å². The molecule has 1 aromatic carbocycles. The summed E-state index contributed by atoms with van der Waals surface area (Å²) in [6.45, 7) is 3.38. The van der Waals surface area contributed by atoms with Gasteiger partial charge in [-0.05, 0) is 43.3 Å². The Morgan fingerprint density at radius 1 is 1.26 bits per heavy atom. The zero-order valence-corrected chi connectivity index (χ0v) is 13.5. The van der Waals surface area contributed by atoms with E-state index in [0.29, 0.717) is 23.6 Å². The molecule has 3 aromatic rings. The SMILES string of the molecule is CCn1c(CCNC(=O)c2ccc(Cl)cc2)nc2cccnc21. The Morgan fingerprint density at radius 2 is 2.04 bits per heavy atom. The van der Waals surface area contributed by atoms with E-state index in [0.717, 1.165) is 23.5 Å². The van der Waals surface area contributed by atoms with Gasteiger partial charge in [-0.3, -0.25) is 4.79 Å². The lowest BCUT2D eigenvalue weighted by molar-refractivity contribution is 0.0954. The van der Waals surface area contributed by atoms with E-state index in [4.69, 9.17) is 11.6 Å². The number of carbonyl (C=O) groups excluding carboxylic acids is 1. The van der Waals surface area contributed by atoms with E-state index in [1.165, 1.54) is 0 Å². The van der Waals surface area contributed by atoms with Gasteiger partial charge in [0.25, 0.3) is 5.91 Å². The van der Waals surface area contributed by atoms with Crippen molar-refractivity contribution in [3.05, 3.63) is 59.0 Å². The third kappa shape index (κ3) is 3.35. The summed E-state index contributed by atoms with van der Waals surface area (Å²) in [5, 5.41) is 3.52. The first-order chi connectivity index (χ1) is 11.2. The van der Waals surface area contributed by atoms with Gasteiger partial charge < -0.3 is 9.88 Å². The van der Waals surface area contributed by atoms with Gasteiger partial charge in [0, 0.05) is 36.3 Å². The first-order valence-corrected chi connectivity index (χ1v) is 7.90. The summed E-state index contributed by atoms with van der Waals surface area (Å²) in [7, 11) is 0. The summed E-state index contributed by atoms with van der Waals surface area (Å²) in [6.07, 6.45) is 2.42. The molecule has 1 amide bonds. The molecule has 0 aliphatic rings. The maximum Gasteiger partial charge on any atom is 0.251 e. The minimum Gasteiger partial charge on any atom is -0.352 e. The summed E-state index contributed by atoms with van der Waals surface area (Å²) < 4.78 is 2.07. The number of benzene rings is 1. The van der Waals surface area contributed by atoms with Crippen molar-refractivity contribution < 1.29 is 4.79 Å². The molecular weight excluding hydrogens is 312 g/mol. The van der Waals surface area contributed by atoms with Gasteiger partial charge in [0.15, 0.2) is 5.65 Å². The van der Waals surface area contributed by atoms with Crippen molar-refractivity contribution in [3.8, 4) is 0 Å². The summed E-state index contributed by atoms with van der Waals surface area (Å²) in [4.78, 5) is 21.0. The van der Waals surface area contributed by atoms with Crippen LogP contribution in [0.25, 0.3) is 11.2 Å². The van der Waals surface area contributed by atoms with Crippen molar-refractivity contribution in [2.24, 2.45) is 0 Å². The summed E-state index contributed by atoms with van der Waals surface area (Å²) >= 11 is 5.82. The zero-order chi connectivity index (χ0) is 16.2. The normalized spacial score (nSPS) is 10.9. The molecule has 0 spiro atoms. The van der Waals surface area contributed by atoms with Crippen LogP contribution in [-0.4, -0.2) is 27.0 Å². The van der Waals surface area contributed by atoms with Gasteiger partial charge in [-0.1, -0.05) is 11.6 Å². The number of hydrogen-bond donors (Lipinski definition) is 1. The van der Waals surface area contributed by atoms with Gasteiger partial charge >= 0.3 is 0 Å². The highest BCUT2D eigenvalue weighted by Crippen LogP contribution is 2.14. The van der Waals surface area contributed by atoms with Crippen LogP contribution in [0.3, 0.4) is 0 Å². The molecule has 2 aromatic heterocycles. The molecule has 6 heteroatoms. The highest BCUT2D eigenvalue weighted by molar-refractivity contribution is 6.30. The number of hydrogen-bond acceptors (Lipinski definition) is 3. The molecule has 0 radical (unpaired) electrons. The maximum atomic E-state index is 12.1. The number of amides is 1. The Balaban J connectivity index is 1.66. The van der Waals surface area contributed by atoms with E-state index in [2.05, 4.69) is 26.8 Å². The van der Waals surface area contributed by atoms with Crippen LogP contribution in [0.15, 0.2) is 42.6 Å². The van der Waals surface area contributed by atoms with Gasteiger partial charge in [-0.15, -0.1) is 0 Å². The Labute approximate surface area is 139 Å². The lowest BCUT2D eigenvalue weighted by Gasteiger charge is -2.07. The number of nitrogens with zero attached hydrogens (tertiary/aromatic N) is 3. The largest absolute Gasteiger partial charge is 0.352 e. The number of aromatic nitrogens is 3. The molecule has 23 heavy (non-hydrogen) atoms. The Bertz CT molecular complexity index is 826. The predicted molar refractivity (Wildman–Crippen MR) is 90.7 cm³/mol. The fourth-order valence-electron chi connectivity index (χ4n) is 2.52. The minimum atomic E-state index is -0.112. The Kier molecular flexibility index (Phi) is 4.57. The molecule has 0 bridgehead atoms. The third-order valence-electron chi connectivity index (χ3n) is 3.64. The van der Waals surface area contributed by atoms with Crippen LogP contribution in [0.5, 0.6) is 0 Å². The van der Waals surface area contributed by atoms with Gasteiger partial charge in [0.05, 0.1) is 0 Å². The molecule has 0 unspecified atom stereocenters. The maximum absolute atomic E-state index is 12.1. The van der Waals surface area contributed by atoms with E-state index in [1.54, 1.807) is 30.5 Å². The quantitative estimate of drug-likeness (QED) is 0.783. The van der Waals surface area contributed by atoms with Gasteiger partial charge in [-0.2, -0.15) is 0 Å². The highest BCUT2D eigenvalue weighted by atomic mass is 35.5. The number of rotatable bonds is 5. The van der Waals surface area contributed by atoms with E-state index in [-0.39, 0.29) is 5.91 Å². The topological polar surface area (TPSA) is 59.8 Å². The van der Waals surface area contributed by atoms with Gasteiger partial charge in [-0.25, -0.2) is 9.97 Å². The van der Waals surface area contributed by atoms with Crippen LogP contribution in [0, 0.1) is 0 Å². The molecule has 2 heterocycles. The fraction of sp³-hybridized carbons (Fsp3) is 0.235. The second kappa shape index (κ2) is 6.79. The van der Waals surface area contributed by atoms with Gasteiger partial charge in [0.2, 0.25) is 0 Å². The van der Waals surface area contributed by atoms with Crippen LogP contribution in [0.4, 0.5) is 0 Å². The van der Waals surface area contributed by atoms with Crippen molar-refractivity contribution in [2.45, 2.75) is 19.9 Å². The number of fused-ring (bicyclic) bond motifs is 1. The summed E-state index contributed by atoms with van der Waals surface area (Å²) in [5.74, 6) is 0.816. The first kappa shape index (κ1) is 15.5. The molecule has 1 N–H and O–H groups in total. The minimum absolute atomic E-state index is 0.112. The number of nitrogens with one attached hydrogen (secondary N) is 1. The molecule has 0 saturated carbocycles. The predicted octanol–water partition coefficient (Wildman–Crippen LogP) is 3.08. The van der Waals surface area contributed by atoms with Crippen molar-refractivity contribution in [1.82, 2.24) is 19.9 Å². The van der Waals surface area contributed by atoms with E-state index < -0.39 is 0 Å². The number of halogens is 1. The summed E-state index contributed by atoms with van der Waals surface area (Å²) in [6, 6.07) is 10.7. The lowest BCUT2D eigenvalue weighted by Crippen LogP contribution is -2.26. The van der Waals surface area contributed by atoms with Crippen LogP contribution < -0.4 is 5.32 Å². The molecule has 0 atom stereocenters. The monoisotopic (exact) mass is 328 g/mol. The van der Waals surface area contributed by atoms with Crippen LogP contribution in [0.1, 0.15) is 23.1 Å². The molecule has 0 saturated heterocycles. The lowest BCUT2D eigenvalue weighted by atomic mass is 10.2. The Hall–Kier alpha value is -2.40. The van der Waals surface area contributed by atoms with E-state index in [1.807, 2.05) is 12.1 Å². The Morgan fingerprint density at radius 3 is 2.78 bits per heavy atom. The molecule has 0 fully saturated rings. The second-order valence-electron chi connectivity index (χ2n) is 5.13. The van der Waals surface area contributed by atoms with Crippen molar-refractivity contribution in [3.63, 3.8) is 0 Å². The van der Waals surface area contributed by atoms with Crippen molar-refractivity contribution in [1.29, 1.82) is 0 Å². The standard InChI is InChI=1S/C17H17ClN4O/c1-2-22-15(21-14-4-3-10-19-16(14)22)9-11-20-17(23)12-5-7-13(18)8-6-12/h3-8,10H,2,9,11H2,1H3,(H,20,23). The number of aryl methyl sites for hydroxylation is 1. The molecule has 3 rings (SSSR count). The van der Waals surface area contributed by atoms with E-state index >= 15 is 0 Å². The number of pyridine rings is 1. The van der Waals surface area contributed by atoms with Crippen molar-refractivity contribution in [2.75, 3.05) is 6.54 Å². The van der Waals surface area contributed by atoms with Gasteiger partial charge in [0.1, 0.15) is 11.3 Å². The average Bonchev–Trinajstić information content (AvgIpc) is 2.92. The van der Waals surface area contributed by atoms with Crippen LogP contribution in [0.2, 0.25) is 5.02 Å². The smallest absolute Gasteiger partial charge is 0.251 e. The van der Waals surface area contributed by atoms with Crippen molar-refractivity contribution >= 4 is 28.7 Å².